The second kappa shape index (κ2) is 12.8. The number of thiazole rings is 1. The van der Waals surface area contributed by atoms with Crippen LogP contribution in [0.1, 0.15) is 30.3 Å². The number of likely N-dealkylation sites (N-methyl/N-ethyl adjacent to an activating group) is 1. The maximum Gasteiger partial charge on any atom is 0.490 e. The summed E-state index contributed by atoms with van der Waals surface area (Å²) in [6.45, 7) is 10.7. The summed E-state index contributed by atoms with van der Waals surface area (Å²) in [5, 5.41) is 14.2. The first-order chi connectivity index (χ1) is 16.0. The van der Waals surface area contributed by atoms with Crippen LogP contribution >= 0.6 is 11.3 Å². The first kappa shape index (κ1) is 31.1. The second-order valence-corrected chi connectivity index (χ2v) is 9.22. The largest absolute Gasteiger partial charge is 0.490 e. The molecule has 0 saturated carbocycles. The van der Waals surface area contributed by atoms with E-state index in [0.717, 1.165) is 25.7 Å². The van der Waals surface area contributed by atoms with Crippen molar-refractivity contribution in [1.82, 2.24) is 14.8 Å². The van der Waals surface area contributed by atoms with Gasteiger partial charge in [0.05, 0.1) is 11.2 Å². The molecule has 3 heterocycles. The Morgan fingerprint density at radius 2 is 1.69 bits per heavy atom. The van der Waals surface area contributed by atoms with Crippen molar-refractivity contribution >= 4 is 23.3 Å². The summed E-state index contributed by atoms with van der Waals surface area (Å²) >= 11 is 1.79. The van der Waals surface area contributed by atoms with Crippen molar-refractivity contribution in [1.29, 1.82) is 0 Å². The van der Waals surface area contributed by atoms with E-state index in [-0.39, 0.29) is 0 Å². The maximum atomic E-state index is 10.6. The van der Waals surface area contributed by atoms with Crippen molar-refractivity contribution in [2.75, 3.05) is 39.9 Å². The number of carboxylic acid groups (broad SMARTS) is 2. The van der Waals surface area contributed by atoms with Crippen LogP contribution in [0.25, 0.3) is 0 Å². The predicted octanol–water partition coefficient (Wildman–Crippen LogP) is 3.65. The molecule has 2 N–H and O–H groups in total. The summed E-state index contributed by atoms with van der Waals surface area (Å²) in [4.78, 5) is 28.7. The van der Waals surface area contributed by atoms with Crippen LogP contribution in [0.4, 0.5) is 26.3 Å². The molecule has 1 atom stereocenters. The molecule has 2 fully saturated rings. The molecular formula is C20H29F6N3O5S. The minimum atomic E-state index is -5.08. The Hall–Kier alpha value is -1.97. The Bertz CT molecular complexity index is 801. The average Bonchev–Trinajstić information content (AvgIpc) is 3.11. The van der Waals surface area contributed by atoms with Crippen molar-refractivity contribution in [3.05, 3.63) is 16.1 Å². The lowest BCUT2D eigenvalue weighted by Gasteiger charge is -2.58. The summed E-state index contributed by atoms with van der Waals surface area (Å²) in [5.41, 5.74) is 3.57. The zero-order chi connectivity index (χ0) is 27.0. The molecule has 2 saturated heterocycles. The number of hydrogen-bond acceptors (Lipinski definition) is 7. The van der Waals surface area contributed by atoms with Crippen LogP contribution in [0, 0.1) is 12.8 Å². The van der Waals surface area contributed by atoms with Gasteiger partial charge in [-0.1, -0.05) is 0 Å². The number of likely N-dealkylation sites (tertiary alicyclic amines) is 2. The molecule has 1 aromatic rings. The van der Waals surface area contributed by atoms with Crippen molar-refractivity contribution in [3.8, 4) is 0 Å². The zero-order valence-corrected chi connectivity index (χ0v) is 20.3. The number of piperidine rings is 1. The van der Waals surface area contributed by atoms with Crippen molar-refractivity contribution < 1.29 is 50.9 Å². The molecule has 2 aliphatic heterocycles. The van der Waals surface area contributed by atoms with Gasteiger partial charge in [0, 0.05) is 43.3 Å². The van der Waals surface area contributed by atoms with E-state index in [1.807, 2.05) is 5.51 Å². The van der Waals surface area contributed by atoms with Crippen LogP contribution in [-0.2, 0) is 20.9 Å². The summed E-state index contributed by atoms with van der Waals surface area (Å²) in [5.74, 6) is -4.77. The molecule has 2 aliphatic rings. The highest BCUT2D eigenvalue weighted by Crippen LogP contribution is 2.39. The third kappa shape index (κ3) is 9.89. The van der Waals surface area contributed by atoms with E-state index in [2.05, 4.69) is 35.7 Å². The van der Waals surface area contributed by atoms with Gasteiger partial charge in [0.15, 0.2) is 0 Å². The molecule has 1 spiro atoms. The minimum absolute atomic E-state index is 0.401. The Labute approximate surface area is 202 Å². The topological polar surface area (TPSA) is 103 Å². The van der Waals surface area contributed by atoms with Gasteiger partial charge in [-0.25, -0.2) is 14.6 Å². The number of aromatic nitrogens is 1. The number of aryl methyl sites for hydroxylation is 1. The van der Waals surface area contributed by atoms with Crippen molar-refractivity contribution in [3.63, 3.8) is 0 Å². The SMILES string of the molecule is CCOCC1CCN(C)C2(C1)CN(Cc1scnc1C)C2.O=C(O)C(F)(F)F.O=C(O)C(F)(F)F. The van der Waals surface area contributed by atoms with Crippen LogP contribution in [0.3, 0.4) is 0 Å². The molecular weight excluding hydrogens is 508 g/mol. The van der Waals surface area contributed by atoms with Crippen LogP contribution in [-0.4, -0.2) is 94.7 Å². The van der Waals surface area contributed by atoms with E-state index in [0.29, 0.717) is 5.54 Å². The number of carboxylic acids is 2. The quantitative estimate of drug-likeness (QED) is 0.549. The van der Waals surface area contributed by atoms with Crippen LogP contribution in [0.2, 0.25) is 0 Å². The first-order valence-electron chi connectivity index (χ1n) is 10.5. The summed E-state index contributed by atoms with van der Waals surface area (Å²) < 4.78 is 69.1. The van der Waals surface area contributed by atoms with Gasteiger partial charge in [-0.15, -0.1) is 11.3 Å². The number of carbonyl (C=O) groups is 2. The van der Waals surface area contributed by atoms with Gasteiger partial charge in [0.2, 0.25) is 0 Å². The van der Waals surface area contributed by atoms with Crippen LogP contribution in [0.15, 0.2) is 5.51 Å². The number of alkyl halides is 6. The Kier molecular flexibility index (Phi) is 11.4. The molecule has 202 valence electrons. The Balaban J connectivity index is 0.000000362. The molecule has 0 aromatic carbocycles. The summed E-state index contributed by atoms with van der Waals surface area (Å²) in [6, 6.07) is 0. The second-order valence-electron chi connectivity index (χ2n) is 8.28. The molecule has 0 radical (unpaired) electrons. The maximum absolute atomic E-state index is 10.6. The van der Waals surface area contributed by atoms with Gasteiger partial charge in [0.1, 0.15) is 0 Å². The average molecular weight is 538 g/mol. The van der Waals surface area contributed by atoms with Gasteiger partial charge in [-0.2, -0.15) is 26.3 Å². The summed E-state index contributed by atoms with van der Waals surface area (Å²) in [7, 11) is 2.30. The highest BCUT2D eigenvalue weighted by Gasteiger charge is 2.49. The van der Waals surface area contributed by atoms with E-state index >= 15 is 0 Å². The van der Waals surface area contributed by atoms with Gasteiger partial charge in [-0.3, -0.25) is 9.80 Å². The van der Waals surface area contributed by atoms with Crippen molar-refractivity contribution in [2.45, 2.75) is 51.1 Å². The zero-order valence-electron chi connectivity index (χ0n) is 19.4. The molecule has 35 heavy (non-hydrogen) atoms. The fourth-order valence-electron chi connectivity index (χ4n) is 3.78. The normalized spacial score (nSPS) is 20.2. The van der Waals surface area contributed by atoms with E-state index in [9.17, 15) is 26.3 Å². The van der Waals surface area contributed by atoms with Crippen molar-refractivity contribution in [2.24, 2.45) is 5.92 Å². The summed E-state index contributed by atoms with van der Waals surface area (Å²) in [6.07, 6.45) is -7.59. The third-order valence-electron chi connectivity index (χ3n) is 5.64. The van der Waals surface area contributed by atoms with Crippen LogP contribution in [0.5, 0.6) is 0 Å². The molecule has 8 nitrogen and oxygen atoms in total. The molecule has 0 amide bonds. The van der Waals surface area contributed by atoms with Gasteiger partial charge >= 0.3 is 24.3 Å². The number of halogens is 6. The molecule has 0 aliphatic carbocycles. The van der Waals surface area contributed by atoms with Crippen LogP contribution < -0.4 is 0 Å². The van der Waals surface area contributed by atoms with Gasteiger partial charge < -0.3 is 14.9 Å². The van der Waals surface area contributed by atoms with E-state index in [1.54, 1.807) is 11.3 Å². The molecule has 1 aromatic heterocycles. The number of aliphatic carboxylic acids is 2. The van der Waals surface area contributed by atoms with Gasteiger partial charge in [-0.05, 0) is 46.2 Å². The highest BCUT2D eigenvalue weighted by atomic mass is 32.1. The Morgan fingerprint density at radius 1 is 1.17 bits per heavy atom. The lowest BCUT2D eigenvalue weighted by atomic mass is 9.75. The minimum Gasteiger partial charge on any atom is -0.475 e. The lowest BCUT2D eigenvalue weighted by Crippen LogP contribution is -2.71. The predicted molar refractivity (Wildman–Crippen MR) is 114 cm³/mol. The van der Waals surface area contributed by atoms with Gasteiger partial charge in [0.25, 0.3) is 0 Å². The van der Waals surface area contributed by atoms with E-state index < -0.39 is 24.3 Å². The molecule has 3 rings (SSSR count). The number of hydrogen-bond donors (Lipinski definition) is 2. The fraction of sp³-hybridized carbons (Fsp3) is 0.750. The molecule has 0 bridgehead atoms. The number of ether oxygens (including phenoxy) is 1. The number of nitrogens with zero attached hydrogens (tertiary/aromatic N) is 3. The van der Waals surface area contributed by atoms with E-state index in [1.165, 1.54) is 43.0 Å². The fourth-order valence-corrected chi connectivity index (χ4v) is 4.60. The Morgan fingerprint density at radius 3 is 2.09 bits per heavy atom. The highest BCUT2D eigenvalue weighted by molar-refractivity contribution is 7.09. The van der Waals surface area contributed by atoms with E-state index in [4.69, 9.17) is 24.5 Å². The number of rotatable bonds is 5. The standard InChI is InChI=1S/C16H27N3OS.2C2HF3O2/c1-4-20-9-14-5-6-18(3)16(7-14)10-19(11-16)8-15-13(2)17-12-21-15;2*3-2(4,5)1(6)7/h12,14H,4-11H2,1-3H3;2*(H,6,7). The first-order valence-corrected chi connectivity index (χ1v) is 11.4. The third-order valence-corrected chi connectivity index (χ3v) is 6.56. The molecule has 1 unspecified atom stereocenters. The molecule has 15 heteroatoms. The lowest BCUT2D eigenvalue weighted by molar-refractivity contribution is -0.193. The smallest absolute Gasteiger partial charge is 0.475 e. The monoisotopic (exact) mass is 537 g/mol.